The van der Waals surface area contributed by atoms with Crippen molar-refractivity contribution in [2.24, 2.45) is 0 Å². The van der Waals surface area contributed by atoms with Crippen molar-refractivity contribution < 1.29 is 4.48 Å². The van der Waals surface area contributed by atoms with E-state index in [1.54, 1.807) is 11.1 Å². The molecule has 1 aromatic carbocycles. The molecule has 0 saturated carbocycles. The van der Waals surface area contributed by atoms with Crippen molar-refractivity contribution >= 4 is 0 Å². The molecule has 0 fully saturated rings. The molecule has 0 N–H and O–H groups in total. The molecule has 1 nitrogen and oxygen atoms in total. The molecule has 26 heavy (non-hydrogen) atoms. The van der Waals surface area contributed by atoms with Crippen LogP contribution in [0.1, 0.15) is 103 Å². The molecule has 0 unspecified atom stereocenters. The van der Waals surface area contributed by atoms with Gasteiger partial charge in [-0.1, -0.05) is 89.5 Å². The molecule has 1 heteroatoms. The maximum Gasteiger partial charge on any atom is 0.105 e. The Labute approximate surface area is 164 Å². The zero-order valence-corrected chi connectivity index (χ0v) is 18.4. The quantitative estimate of drug-likeness (QED) is 0.211. The average Bonchev–Trinajstić information content (AvgIpc) is 2.69. The first kappa shape index (κ1) is 23.2. The van der Waals surface area contributed by atoms with Gasteiger partial charge in [-0.2, -0.15) is 0 Å². The van der Waals surface area contributed by atoms with Gasteiger partial charge in [-0.15, -0.1) is 0 Å². The molecule has 0 aliphatic rings. The average molecular weight is 361 g/mol. The summed E-state index contributed by atoms with van der Waals surface area (Å²) in [6, 6.07) is 9.08. The van der Waals surface area contributed by atoms with Crippen LogP contribution in [0, 0.1) is 0 Å². The first-order valence-electron chi connectivity index (χ1n) is 11.6. The molecule has 0 radical (unpaired) electrons. The fourth-order valence-electron chi connectivity index (χ4n) is 4.20. The number of benzene rings is 1. The van der Waals surface area contributed by atoms with Gasteiger partial charge in [-0.3, -0.25) is 0 Å². The largest absolute Gasteiger partial charge is 0.320 e. The maximum absolute atomic E-state index is 2.38. The van der Waals surface area contributed by atoms with Gasteiger partial charge in [0.05, 0.1) is 19.6 Å². The number of hydrogen-bond donors (Lipinski definition) is 0. The second kappa shape index (κ2) is 14.3. The van der Waals surface area contributed by atoms with Crippen LogP contribution in [0.4, 0.5) is 0 Å². The highest BCUT2D eigenvalue weighted by molar-refractivity contribution is 5.26. The predicted molar refractivity (Wildman–Crippen MR) is 118 cm³/mol. The predicted octanol–water partition coefficient (Wildman–Crippen LogP) is 7.53. The van der Waals surface area contributed by atoms with E-state index >= 15 is 0 Å². The molecule has 0 heterocycles. The molecule has 1 aromatic rings. The first-order valence-corrected chi connectivity index (χ1v) is 11.6. The van der Waals surface area contributed by atoms with Crippen molar-refractivity contribution in [1.29, 1.82) is 0 Å². The van der Waals surface area contributed by atoms with Crippen LogP contribution < -0.4 is 0 Å². The van der Waals surface area contributed by atoms with Gasteiger partial charge in [0.15, 0.2) is 0 Å². The highest BCUT2D eigenvalue weighted by Gasteiger charge is 2.24. The van der Waals surface area contributed by atoms with E-state index in [2.05, 4.69) is 52.0 Å². The molecular formula is C25H46N+. The Morgan fingerprint density at radius 3 is 1.62 bits per heavy atom. The van der Waals surface area contributed by atoms with E-state index in [-0.39, 0.29) is 0 Å². The van der Waals surface area contributed by atoms with Crippen molar-refractivity contribution in [3.8, 4) is 0 Å². The molecule has 150 valence electrons. The Hall–Kier alpha value is -0.820. The lowest BCUT2D eigenvalue weighted by atomic mass is 10.0. The number of aryl methyl sites for hydroxylation is 1. The van der Waals surface area contributed by atoms with Crippen LogP contribution in [-0.4, -0.2) is 24.1 Å². The van der Waals surface area contributed by atoms with Crippen molar-refractivity contribution in [3.05, 3.63) is 35.4 Å². The molecule has 0 bridgehead atoms. The van der Waals surface area contributed by atoms with Gasteiger partial charge in [-0.05, 0) is 38.7 Å². The van der Waals surface area contributed by atoms with Gasteiger partial charge < -0.3 is 4.48 Å². The van der Waals surface area contributed by atoms with Crippen molar-refractivity contribution in [1.82, 2.24) is 0 Å². The van der Waals surface area contributed by atoms with E-state index in [0.29, 0.717) is 0 Å². The highest BCUT2D eigenvalue weighted by atomic mass is 15.3. The molecule has 0 saturated heterocycles. The first-order chi connectivity index (χ1) is 12.7. The van der Waals surface area contributed by atoms with E-state index in [1.165, 1.54) is 94.9 Å². The topological polar surface area (TPSA) is 0 Å². The lowest BCUT2D eigenvalue weighted by Crippen LogP contribution is -2.47. The fraction of sp³-hybridized carbons (Fsp3) is 0.760. The normalized spacial score (nSPS) is 11.8. The Balaban J connectivity index is 2.32. The third-order valence-corrected chi connectivity index (χ3v) is 6.33. The van der Waals surface area contributed by atoms with Crippen LogP contribution in [0.3, 0.4) is 0 Å². The minimum atomic E-state index is 1.15. The standard InChI is InChI=1S/C25H46N/c1-5-9-10-11-12-13-14-15-16-19-22-26(7-3,8-4)23-25-21-18-17-20-24(25)6-2/h17-18,20-21H,5-16,19,22-23H2,1-4H3/q+1. The lowest BCUT2D eigenvalue weighted by Gasteiger charge is -2.37. The summed E-state index contributed by atoms with van der Waals surface area (Å²) in [6.45, 7) is 14.4. The van der Waals surface area contributed by atoms with E-state index in [4.69, 9.17) is 0 Å². The summed E-state index contributed by atoms with van der Waals surface area (Å²) in [6.07, 6.45) is 15.5. The Kier molecular flexibility index (Phi) is 12.7. The molecule has 0 atom stereocenters. The van der Waals surface area contributed by atoms with Gasteiger partial charge in [0.2, 0.25) is 0 Å². The third-order valence-electron chi connectivity index (χ3n) is 6.33. The Morgan fingerprint density at radius 2 is 1.12 bits per heavy atom. The minimum absolute atomic E-state index is 1.15. The third kappa shape index (κ3) is 8.71. The summed E-state index contributed by atoms with van der Waals surface area (Å²) in [4.78, 5) is 0. The zero-order chi connectivity index (χ0) is 19.1. The molecule has 1 rings (SSSR count). The molecule has 0 aliphatic heterocycles. The Bertz CT molecular complexity index is 447. The SMILES string of the molecule is CCCCCCCCCCCC[N+](CC)(CC)Cc1ccccc1CC. The molecule has 0 spiro atoms. The lowest BCUT2D eigenvalue weighted by molar-refractivity contribution is -0.938. The summed E-state index contributed by atoms with van der Waals surface area (Å²) in [5.74, 6) is 0. The van der Waals surface area contributed by atoms with E-state index in [1.807, 2.05) is 0 Å². The van der Waals surface area contributed by atoms with E-state index in [0.717, 1.165) is 6.42 Å². The van der Waals surface area contributed by atoms with Crippen molar-refractivity contribution in [2.75, 3.05) is 19.6 Å². The maximum atomic E-state index is 2.38. The highest BCUT2D eigenvalue weighted by Crippen LogP contribution is 2.20. The molecule has 0 aliphatic carbocycles. The fourth-order valence-corrected chi connectivity index (χ4v) is 4.20. The number of unbranched alkanes of at least 4 members (excludes halogenated alkanes) is 9. The zero-order valence-electron chi connectivity index (χ0n) is 18.4. The molecular weight excluding hydrogens is 314 g/mol. The van der Waals surface area contributed by atoms with Crippen molar-refractivity contribution in [3.63, 3.8) is 0 Å². The number of nitrogens with zero attached hydrogens (tertiary/aromatic N) is 1. The van der Waals surface area contributed by atoms with Crippen LogP contribution in [0.25, 0.3) is 0 Å². The second-order valence-corrected chi connectivity index (χ2v) is 8.16. The summed E-state index contributed by atoms with van der Waals surface area (Å²) < 4.78 is 1.26. The van der Waals surface area contributed by atoms with Gasteiger partial charge in [-0.25, -0.2) is 0 Å². The van der Waals surface area contributed by atoms with Crippen LogP contribution in [0.15, 0.2) is 24.3 Å². The second-order valence-electron chi connectivity index (χ2n) is 8.16. The number of rotatable bonds is 16. The molecule has 0 amide bonds. The van der Waals surface area contributed by atoms with E-state index in [9.17, 15) is 0 Å². The monoisotopic (exact) mass is 360 g/mol. The van der Waals surface area contributed by atoms with Crippen LogP contribution in [0.5, 0.6) is 0 Å². The van der Waals surface area contributed by atoms with Gasteiger partial charge >= 0.3 is 0 Å². The summed E-state index contributed by atoms with van der Waals surface area (Å²) >= 11 is 0. The summed E-state index contributed by atoms with van der Waals surface area (Å²) in [7, 11) is 0. The van der Waals surface area contributed by atoms with Gasteiger partial charge in [0.1, 0.15) is 6.54 Å². The molecule has 0 aromatic heterocycles. The van der Waals surface area contributed by atoms with Gasteiger partial charge in [0.25, 0.3) is 0 Å². The van der Waals surface area contributed by atoms with E-state index < -0.39 is 0 Å². The van der Waals surface area contributed by atoms with Crippen LogP contribution in [-0.2, 0) is 13.0 Å². The smallest absolute Gasteiger partial charge is 0.105 e. The van der Waals surface area contributed by atoms with Crippen LogP contribution >= 0.6 is 0 Å². The number of quaternary nitrogens is 1. The minimum Gasteiger partial charge on any atom is -0.320 e. The number of hydrogen-bond acceptors (Lipinski definition) is 0. The van der Waals surface area contributed by atoms with Crippen molar-refractivity contribution in [2.45, 2.75) is 105 Å². The Morgan fingerprint density at radius 1 is 0.615 bits per heavy atom. The summed E-state index contributed by atoms with van der Waals surface area (Å²) in [5, 5.41) is 0. The van der Waals surface area contributed by atoms with Crippen LogP contribution in [0.2, 0.25) is 0 Å². The summed E-state index contributed by atoms with van der Waals surface area (Å²) in [5.41, 5.74) is 3.12. The van der Waals surface area contributed by atoms with Gasteiger partial charge in [0, 0.05) is 5.56 Å².